The Morgan fingerprint density at radius 1 is 0.818 bits per heavy atom. The standard InChI is InChI=1S/C18H32O4/c1-17(2,3)11-15(19)21-13-8-7-9-14(10-13)22-16(20)12-18(4,5)6/h13-14H,7-12H2,1-6H3. The lowest BCUT2D eigenvalue weighted by Gasteiger charge is -2.30. The molecule has 1 fully saturated rings. The summed E-state index contributed by atoms with van der Waals surface area (Å²) in [6.45, 7) is 12.1. The van der Waals surface area contributed by atoms with E-state index in [4.69, 9.17) is 9.47 Å². The molecule has 1 saturated carbocycles. The highest BCUT2D eigenvalue weighted by Gasteiger charge is 2.29. The molecule has 0 aliphatic heterocycles. The molecule has 0 spiro atoms. The van der Waals surface area contributed by atoms with Crippen molar-refractivity contribution < 1.29 is 19.1 Å². The zero-order valence-corrected chi connectivity index (χ0v) is 15.0. The first-order valence-electron chi connectivity index (χ1n) is 8.34. The van der Waals surface area contributed by atoms with Crippen molar-refractivity contribution in [2.75, 3.05) is 0 Å². The lowest BCUT2D eigenvalue weighted by atomic mass is 9.91. The second kappa shape index (κ2) is 7.47. The molecule has 0 N–H and O–H groups in total. The molecule has 0 amide bonds. The Bertz CT molecular complexity index is 351. The summed E-state index contributed by atoms with van der Waals surface area (Å²) in [6.07, 6.45) is 3.89. The Balaban J connectivity index is 2.41. The number of carbonyl (C=O) groups excluding carboxylic acids is 2. The van der Waals surface area contributed by atoms with E-state index in [0.29, 0.717) is 19.3 Å². The van der Waals surface area contributed by atoms with Gasteiger partial charge in [0.2, 0.25) is 0 Å². The van der Waals surface area contributed by atoms with Crippen LogP contribution in [-0.4, -0.2) is 24.1 Å². The van der Waals surface area contributed by atoms with Crippen molar-refractivity contribution in [2.45, 2.75) is 92.3 Å². The van der Waals surface area contributed by atoms with Crippen LogP contribution in [0, 0.1) is 10.8 Å². The topological polar surface area (TPSA) is 52.6 Å². The van der Waals surface area contributed by atoms with Crippen molar-refractivity contribution in [3.05, 3.63) is 0 Å². The van der Waals surface area contributed by atoms with Gasteiger partial charge in [-0.1, -0.05) is 41.5 Å². The van der Waals surface area contributed by atoms with Gasteiger partial charge in [0.05, 0.1) is 12.8 Å². The van der Waals surface area contributed by atoms with Crippen LogP contribution in [0.3, 0.4) is 0 Å². The number of hydrogen-bond donors (Lipinski definition) is 0. The summed E-state index contributed by atoms with van der Waals surface area (Å²) in [6, 6.07) is 0. The fraction of sp³-hybridized carbons (Fsp3) is 0.889. The molecule has 0 radical (unpaired) electrons. The number of esters is 2. The lowest BCUT2D eigenvalue weighted by Crippen LogP contribution is -2.32. The van der Waals surface area contributed by atoms with Gasteiger partial charge in [0.25, 0.3) is 0 Å². The number of carbonyl (C=O) groups is 2. The third-order valence-corrected chi connectivity index (χ3v) is 3.52. The molecule has 4 heteroatoms. The average molecular weight is 312 g/mol. The van der Waals surface area contributed by atoms with Gasteiger partial charge >= 0.3 is 11.9 Å². The Morgan fingerprint density at radius 2 is 1.18 bits per heavy atom. The average Bonchev–Trinajstić information content (AvgIpc) is 2.22. The number of ether oxygens (including phenoxy) is 2. The van der Waals surface area contributed by atoms with E-state index in [0.717, 1.165) is 19.3 Å². The SMILES string of the molecule is CC(C)(C)CC(=O)OC1CCCC(OC(=O)CC(C)(C)C)C1. The number of rotatable bonds is 4. The first-order valence-corrected chi connectivity index (χ1v) is 8.34. The predicted molar refractivity (Wildman–Crippen MR) is 86.4 cm³/mol. The highest BCUT2D eigenvalue weighted by Crippen LogP contribution is 2.27. The summed E-state index contributed by atoms with van der Waals surface area (Å²) in [5.74, 6) is -0.307. The Morgan fingerprint density at radius 3 is 1.50 bits per heavy atom. The highest BCUT2D eigenvalue weighted by molar-refractivity contribution is 5.71. The van der Waals surface area contributed by atoms with Crippen molar-refractivity contribution in [2.24, 2.45) is 10.8 Å². The molecule has 0 bridgehead atoms. The molecule has 0 aromatic rings. The smallest absolute Gasteiger partial charge is 0.306 e. The van der Waals surface area contributed by atoms with Crippen LogP contribution in [0.15, 0.2) is 0 Å². The van der Waals surface area contributed by atoms with Crippen LogP contribution in [0.2, 0.25) is 0 Å². The zero-order valence-electron chi connectivity index (χ0n) is 15.0. The second-order valence-electron chi connectivity index (χ2n) is 8.87. The summed E-state index contributed by atoms with van der Waals surface area (Å²) >= 11 is 0. The summed E-state index contributed by atoms with van der Waals surface area (Å²) in [5.41, 5.74) is -0.130. The van der Waals surface area contributed by atoms with Gasteiger partial charge in [0, 0.05) is 6.42 Å². The third kappa shape index (κ3) is 8.40. The largest absolute Gasteiger partial charge is 0.462 e. The molecular weight excluding hydrogens is 280 g/mol. The molecule has 2 atom stereocenters. The van der Waals surface area contributed by atoms with Crippen molar-refractivity contribution in [3.8, 4) is 0 Å². The van der Waals surface area contributed by atoms with E-state index in [2.05, 4.69) is 0 Å². The highest BCUT2D eigenvalue weighted by atomic mass is 16.6. The van der Waals surface area contributed by atoms with E-state index < -0.39 is 0 Å². The van der Waals surface area contributed by atoms with Crippen LogP contribution in [-0.2, 0) is 19.1 Å². The Labute approximate surface area is 134 Å². The first-order chi connectivity index (χ1) is 9.94. The van der Waals surface area contributed by atoms with E-state index >= 15 is 0 Å². The van der Waals surface area contributed by atoms with E-state index in [1.165, 1.54) is 0 Å². The Kier molecular flexibility index (Phi) is 6.45. The van der Waals surface area contributed by atoms with Crippen LogP contribution in [0.25, 0.3) is 0 Å². The predicted octanol–water partition coefficient (Wildman–Crippen LogP) is 4.26. The molecule has 0 heterocycles. The van der Waals surface area contributed by atoms with Gasteiger partial charge in [0.15, 0.2) is 0 Å². The van der Waals surface area contributed by atoms with Crippen molar-refractivity contribution in [1.29, 1.82) is 0 Å². The molecule has 128 valence electrons. The monoisotopic (exact) mass is 312 g/mol. The van der Waals surface area contributed by atoms with E-state index in [9.17, 15) is 9.59 Å². The quantitative estimate of drug-likeness (QED) is 0.728. The van der Waals surface area contributed by atoms with Crippen LogP contribution in [0.5, 0.6) is 0 Å². The number of hydrogen-bond acceptors (Lipinski definition) is 4. The first kappa shape index (κ1) is 19.0. The van der Waals surface area contributed by atoms with Gasteiger partial charge in [-0.2, -0.15) is 0 Å². The van der Waals surface area contributed by atoms with Gasteiger partial charge in [-0.15, -0.1) is 0 Å². The third-order valence-electron chi connectivity index (χ3n) is 3.52. The minimum atomic E-state index is -0.154. The maximum Gasteiger partial charge on any atom is 0.306 e. The molecule has 0 aromatic heterocycles. The van der Waals surface area contributed by atoms with Crippen LogP contribution < -0.4 is 0 Å². The van der Waals surface area contributed by atoms with Crippen molar-refractivity contribution >= 4 is 11.9 Å². The minimum absolute atomic E-state index is 0.0652. The summed E-state index contributed by atoms with van der Waals surface area (Å²) in [4.78, 5) is 23.8. The van der Waals surface area contributed by atoms with Gasteiger partial charge in [-0.3, -0.25) is 9.59 Å². The molecule has 0 aromatic carbocycles. The minimum Gasteiger partial charge on any atom is -0.462 e. The van der Waals surface area contributed by atoms with Crippen LogP contribution in [0.1, 0.15) is 80.1 Å². The molecule has 1 aliphatic rings. The molecular formula is C18H32O4. The van der Waals surface area contributed by atoms with Gasteiger partial charge in [0.1, 0.15) is 12.2 Å². The van der Waals surface area contributed by atoms with Gasteiger partial charge in [-0.05, 0) is 30.1 Å². The van der Waals surface area contributed by atoms with Crippen molar-refractivity contribution in [1.82, 2.24) is 0 Å². The van der Waals surface area contributed by atoms with Gasteiger partial charge < -0.3 is 9.47 Å². The normalized spacial score (nSPS) is 23.0. The Hall–Kier alpha value is -1.06. The van der Waals surface area contributed by atoms with Crippen molar-refractivity contribution in [3.63, 3.8) is 0 Å². The molecule has 2 unspecified atom stereocenters. The molecule has 0 saturated heterocycles. The summed E-state index contributed by atoms with van der Waals surface area (Å²) in [5, 5.41) is 0. The fourth-order valence-corrected chi connectivity index (χ4v) is 2.64. The van der Waals surface area contributed by atoms with Crippen LogP contribution >= 0.6 is 0 Å². The van der Waals surface area contributed by atoms with Gasteiger partial charge in [-0.25, -0.2) is 0 Å². The summed E-state index contributed by atoms with van der Waals surface area (Å²) < 4.78 is 11.1. The van der Waals surface area contributed by atoms with E-state index in [1.807, 2.05) is 41.5 Å². The molecule has 4 nitrogen and oxygen atoms in total. The molecule has 1 rings (SSSR count). The fourth-order valence-electron chi connectivity index (χ4n) is 2.64. The second-order valence-corrected chi connectivity index (χ2v) is 8.87. The molecule has 1 aliphatic carbocycles. The maximum absolute atomic E-state index is 11.9. The lowest BCUT2D eigenvalue weighted by molar-refractivity contribution is -0.160. The van der Waals surface area contributed by atoms with Crippen LogP contribution in [0.4, 0.5) is 0 Å². The summed E-state index contributed by atoms with van der Waals surface area (Å²) in [7, 11) is 0. The maximum atomic E-state index is 11.9. The zero-order chi connectivity index (χ0) is 17.0. The van der Waals surface area contributed by atoms with E-state index in [1.54, 1.807) is 0 Å². The van der Waals surface area contributed by atoms with E-state index in [-0.39, 0.29) is 35.0 Å². The molecule has 22 heavy (non-hydrogen) atoms.